The Bertz CT molecular complexity index is 1710. The quantitative estimate of drug-likeness (QED) is 0.311. The van der Waals surface area contributed by atoms with Gasteiger partial charge in [-0.2, -0.15) is 0 Å². The minimum atomic E-state index is -0.514. The molecule has 0 atom stereocenters. The number of carbonyl (C=O) groups excluding carboxylic acids is 1. The second kappa shape index (κ2) is 9.91. The number of nitrogens with one attached hydrogen (secondary N) is 1. The number of H-pyrrole nitrogens is 1. The van der Waals surface area contributed by atoms with Gasteiger partial charge in [-0.3, -0.25) is 4.79 Å². The van der Waals surface area contributed by atoms with Crippen LogP contribution in [-0.4, -0.2) is 71.6 Å². The lowest BCUT2D eigenvalue weighted by atomic mass is 9.86. The highest BCUT2D eigenvalue weighted by molar-refractivity contribution is 6.30. The molecule has 5 aromatic rings. The minimum absolute atomic E-state index is 0.172. The Morgan fingerprint density at radius 1 is 1.05 bits per heavy atom. The first-order chi connectivity index (χ1) is 19.5. The van der Waals surface area contributed by atoms with Crippen molar-refractivity contribution in [3.8, 4) is 22.6 Å². The van der Waals surface area contributed by atoms with Crippen LogP contribution in [0.25, 0.3) is 33.7 Å². The van der Waals surface area contributed by atoms with E-state index < -0.39 is 5.54 Å². The number of halogens is 1. The highest BCUT2D eigenvalue weighted by atomic mass is 35.5. The maximum absolute atomic E-state index is 13.9. The van der Waals surface area contributed by atoms with E-state index in [9.17, 15) is 4.79 Å². The van der Waals surface area contributed by atoms with Gasteiger partial charge < -0.3 is 14.2 Å². The number of amides is 1. The third kappa shape index (κ3) is 5.13. The molecule has 0 spiro atoms. The van der Waals surface area contributed by atoms with E-state index in [0.717, 1.165) is 16.8 Å². The van der Waals surface area contributed by atoms with E-state index in [0.29, 0.717) is 53.1 Å². The maximum atomic E-state index is 13.9. The van der Waals surface area contributed by atoms with Crippen LogP contribution in [0.5, 0.6) is 0 Å². The van der Waals surface area contributed by atoms with E-state index in [1.165, 1.54) is 0 Å². The highest BCUT2D eigenvalue weighted by Crippen LogP contribution is 2.36. The first kappa shape index (κ1) is 26.8. The van der Waals surface area contributed by atoms with Gasteiger partial charge in [-0.25, -0.2) is 20.1 Å². The van der Waals surface area contributed by atoms with E-state index in [1.807, 2.05) is 49.1 Å². The molecular formula is C29H30ClN9O2. The molecule has 1 aromatic carbocycles. The first-order valence-corrected chi connectivity index (χ1v) is 13.7. The number of tetrazole rings is 1. The van der Waals surface area contributed by atoms with Crippen LogP contribution in [0, 0.1) is 0 Å². The van der Waals surface area contributed by atoms with E-state index >= 15 is 0 Å². The van der Waals surface area contributed by atoms with Crippen molar-refractivity contribution in [2.24, 2.45) is 0 Å². The van der Waals surface area contributed by atoms with Crippen molar-refractivity contribution in [1.82, 2.24) is 40.5 Å². The first-order valence-electron chi connectivity index (χ1n) is 13.3. The lowest BCUT2D eigenvalue weighted by Crippen LogP contribution is -2.61. The van der Waals surface area contributed by atoms with E-state index in [4.69, 9.17) is 21.0 Å². The molecule has 1 amide bonds. The molecule has 6 rings (SSSR count). The number of piperazine rings is 1. The summed E-state index contributed by atoms with van der Waals surface area (Å²) in [4.78, 5) is 31.7. The molecule has 0 bridgehead atoms. The van der Waals surface area contributed by atoms with Gasteiger partial charge >= 0.3 is 0 Å². The smallest absolute Gasteiger partial charge is 0.290 e. The standard InChI is InChI=1S/C29H30ClN9O2/c1-28(2,3)20-12-21(17-6-8-19(30)9-7-17)33-22-13-23(41-24(20)22)26(40)39-11-10-38(16-29(39,4)5)27-31-14-18(15-32-27)25-34-36-37-35-25/h6-9,12-15H,10-11,16H2,1-5H3,(H,34,35,36,37). The van der Waals surface area contributed by atoms with Crippen molar-refractivity contribution in [2.75, 3.05) is 24.5 Å². The van der Waals surface area contributed by atoms with Gasteiger partial charge in [0, 0.05) is 54.2 Å². The van der Waals surface area contributed by atoms with Gasteiger partial charge in [-0.05, 0) is 47.9 Å². The van der Waals surface area contributed by atoms with E-state index in [1.54, 1.807) is 18.5 Å². The van der Waals surface area contributed by atoms with Crippen LogP contribution in [0.1, 0.15) is 50.7 Å². The lowest BCUT2D eigenvalue weighted by molar-refractivity contribution is 0.0482. The molecule has 1 N–H and O–H groups in total. The number of hydrogen-bond acceptors (Lipinski definition) is 9. The summed E-state index contributed by atoms with van der Waals surface area (Å²) in [5.74, 6) is 1.19. The Balaban J connectivity index is 1.27. The van der Waals surface area contributed by atoms with Crippen LogP contribution in [0.3, 0.4) is 0 Å². The zero-order valence-electron chi connectivity index (χ0n) is 23.5. The van der Waals surface area contributed by atoms with Crippen LogP contribution >= 0.6 is 11.6 Å². The van der Waals surface area contributed by atoms with Gasteiger partial charge in [0.15, 0.2) is 17.2 Å². The predicted octanol–water partition coefficient (Wildman–Crippen LogP) is 5.16. The topological polar surface area (TPSA) is 130 Å². The molecule has 5 heterocycles. The number of benzene rings is 1. The second-order valence-corrected chi connectivity index (χ2v) is 12.3. The number of hydrogen-bond donors (Lipinski definition) is 1. The fourth-order valence-corrected chi connectivity index (χ4v) is 5.30. The van der Waals surface area contributed by atoms with Gasteiger partial charge in [-0.15, -0.1) is 5.10 Å². The average Bonchev–Trinajstić information content (AvgIpc) is 3.62. The number of fused-ring (bicyclic) bond motifs is 1. The second-order valence-electron chi connectivity index (χ2n) is 11.8. The third-order valence-electron chi connectivity index (χ3n) is 7.32. The Hall–Kier alpha value is -4.38. The normalized spacial score (nSPS) is 15.5. The molecule has 11 nitrogen and oxygen atoms in total. The van der Waals surface area contributed by atoms with Gasteiger partial charge in [0.2, 0.25) is 5.95 Å². The Labute approximate surface area is 242 Å². The number of carbonyl (C=O) groups is 1. The Kier molecular flexibility index (Phi) is 6.49. The van der Waals surface area contributed by atoms with Crippen molar-refractivity contribution in [3.05, 3.63) is 65.1 Å². The number of anilines is 1. The molecule has 210 valence electrons. The average molecular weight is 572 g/mol. The molecule has 12 heteroatoms. The number of pyridine rings is 1. The highest BCUT2D eigenvalue weighted by Gasteiger charge is 2.39. The summed E-state index contributed by atoms with van der Waals surface area (Å²) in [7, 11) is 0. The summed E-state index contributed by atoms with van der Waals surface area (Å²) in [5.41, 5.74) is 3.96. The van der Waals surface area contributed by atoms with Crippen LogP contribution in [0.2, 0.25) is 5.02 Å². The Morgan fingerprint density at radius 3 is 2.41 bits per heavy atom. The van der Waals surface area contributed by atoms with E-state index in [2.05, 4.69) is 56.3 Å². The zero-order chi connectivity index (χ0) is 28.9. The van der Waals surface area contributed by atoms with Crippen LogP contribution in [0.4, 0.5) is 5.95 Å². The van der Waals surface area contributed by atoms with Crippen molar-refractivity contribution >= 4 is 34.6 Å². The molecular weight excluding hydrogens is 542 g/mol. The molecule has 0 unspecified atom stereocenters. The van der Waals surface area contributed by atoms with Crippen molar-refractivity contribution in [2.45, 2.75) is 45.6 Å². The summed E-state index contributed by atoms with van der Waals surface area (Å²) >= 11 is 6.11. The monoisotopic (exact) mass is 571 g/mol. The van der Waals surface area contributed by atoms with Gasteiger partial charge in [-0.1, -0.05) is 44.5 Å². The number of nitrogens with zero attached hydrogens (tertiary/aromatic N) is 8. The molecule has 4 aromatic heterocycles. The summed E-state index contributed by atoms with van der Waals surface area (Å²) in [6.45, 7) is 12.0. The summed E-state index contributed by atoms with van der Waals surface area (Å²) in [6, 6.07) is 11.4. The number of rotatable bonds is 4. The molecule has 0 aliphatic carbocycles. The SMILES string of the molecule is CC(C)(C)c1cc(-c2ccc(Cl)cc2)nc2cc(C(=O)N3CCN(c4ncc(-c5nnn[nH]5)cn4)CC3(C)C)oc12. The summed E-state index contributed by atoms with van der Waals surface area (Å²) in [6.07, 6.45) is 3.36. The summed E-state index contributed by atoms with van der Waals surface area (Å²) in [5, 5.41) is 14.4. The maximum Gasteiger partial charge on any atom is 0.290 e. The van der Waals surface area contributed by atoms with Crippen molar-refractivity contribution in [1.29, 1.82) is 0 Å². The fourth-order valence-electron chi connectivity index (χ4n) is 5.18. The lowest BCUT2D eigenvalue weighted by Gasteiger charge is -2.46. The van der Waals surface area contributed by atoms with Crippen molar-refractivity contribution in [3.63, 3.8) is 0 Å². The summed E-state index contributed by atoms with van der Waals surface area (Å²) < 4.78 is 6.27. The molecule has 1 fully saturated rings. The predicted molar refractivity (Wildman–Crippen MR) is 156 cm³/mol. The zero-order valence-corrected chi connectivity index (χ0v) is 24.3. The largest absolute Gasteiger partial charge is 0.449 e. The molecule has 1 saturated heterocycles. The molecule has 1 aliphatic heterocycles. The van der Waals surface area contributed by atoms with Crippen LogP contribution < -0.4 is 4.90 Å². The molecule has 1 aliphatic rings. The van der Waals surface area contributed by atoms with Gasteiger partial charge in [0.1, 0.15) is 5.52 Å². The number of furan rings is 1. The van der Waals surface area contributed by atoms with Crippen molar-refractivity contribution < 1.29 is 9.21 Å². The Morgan fingerprint density at radius 2 is 1.78 bits per heavy atom. The van der Waals surface area contributed by atoms with E-state index in [-0.39, 0.29) is 17.1 Å². The van der Waals surface area contributed by atoms with Crippen LogP contribution in [-0.2, 0) is 5.41 Å². The molecule has 0 saturated carbocycles. The molecule has 41 heavy (non-hydrogen) atoms. The molecule has 0 radical (unpaired) electrons. The van der Waals surface area contributed by atoms with Gasteiger partial charge in [0.05, 0.1) is 16.8 Å². The third-order valence-corrected chi connectivity index (χ3v) is 7.58. The fraction of sp³-hybridized carbons (Fsp3) is 0.345. The van der Waals surface area contributed by atoms with Gasteiger partial charge in [0.25, 0.3) is 5.91 Å². The van der Waals surface area contributed by atoms with Crippen LogP contribution in [0.15, 0.2) is 53.2 Å². The number of aromatic nitrogens is 7. The number of aromatic amines is 1. The minimum Gasteiger partial charge on any atom is -0.449 e.